The minimum atomic E-state index is 0.744. The van der Waals surface area contributed by atoms with E-state index in [1.54, 1.807) is 0 Å². The number of hydrogen-bond donors (Lipinski definition) is 1. The Kier molecular flexibility index (Phi) is 8.26. The molecule has 0 amide bonds. The smallest absolute Gasteiger partial charge is 0.0593 e. The number of nitrogens with zero attached hydrogens (tertiary/aromatic N) is 1. The molecule has 0 spiro atoms. The summed E-state index contributed by atoms with van der Waals surface area (Å²) >= 11 is 0. The van der Waals surface area contributed by atoms with Crippen LogP contribution in [0.15, 0.2) is 18.2 Å². The third kappa shape index (κ3) is 6.37. The van der Waals surface area contributed by atoms with Crippen LogP contribution in [0, 0.1) is 6.92 Å². The van der Waals surface area contributed by atoms with Gasteiger partial charge < -0.3 is 15.2 Å². The molecule has 0 aromatic heterocycles. The third-order valence-electron chi connectivity index (χ3n) is 3.20. The zero-order valence-electron chi connectivity index (χ0n) is 13.0. The Labute approximate surface area is 122 Å². The molecule has 0 aliphatic heterocycles. The van der Waals surface area contributed by atoms with Gasteiger partial charge in [0.2, 0.25) is 0 Å². The highest BCUT2D eigenvalue weighted by Crippen LogP contribution is 2.16. The summed E-state index contributed by atoms with van der Waals surface area (Å²) in [6, 6.07) is 6.18. The number of nitrogen functional groups attached to an aromatic ring is 1. The van der Waals surface area contributed by atoms with Crippen molar-refractivity contribution in [3.8, 4) is 0 Å². The molecule has 0 radical (unpaired) electrons. The first-order valence-corrected chi connectivity index (χ1v) is 7.40. The Balaban J connectivity index is 2.58. The summed E-state index contributed by atoms with van der Waals surface area (Å²) < 4.78 is 10.9. The van der Waals surface area contributed by atoms with Crippen molar-refractivity contribution in [3.63, 3.8) is 0 Å². The molecule has 1 aromatic rings. The number of aryl methyl sites for hydroxylation is 1. The predicted molar refractivity (Wildman–Crippen MR) is 83.9 cm³/mol. The summed E-state index contributed by atoms with van der Waals surface area (Å²) in [5.41, 5.74) is 9.33. The zero-order valence-corrected chi connectivity index (χ0v) is 13.0. The average molecular weight is 280 g/mol. The van der Waals surface area contributed by atoms with E-state index in [1.807, 2.05) is 26.0 Å². The van der Waals surface area contributed by atoms with Crippen molar-refractivity contribution in [3.05, 3.63) is 29.3 Å². The first-order chi connectivity index (χ1) is 9.67. The van der Waals surface area contributed by atoms with Crippen LogP contribution in [0.3, 0.4) is 0 Å². The molecule has 0 atom stereocenters. The molecule has 20 heavy (non-hydrogen) atoms. The summed E-state index contributed by atoms with van der Waals surface area (Å²) in [4.78, 5) is 2.33. The molecular weight excluding hydrogens is 252 g/mol. The highest BCUT2D eigenvalue weighted by Gasteiger charge is 2.08. The Hall–Kier alpha value is -1.10. The highest BCUT2D eigenvalue weighted by atomic mass is 16.5. The number of ether oxygens (including phenoxy) is 2. The van der Waals surface area contributed by atoms with Crippen LogP contribution in [0.5, 0.6) is 0 Å². The lowest BCUT2D eigenvalue weighted by Gasteiger charge is -2.23. The summed E-state index contributed by atoms with van der Waals surface area (Å²) in [6.45, 7) is 11.8. The van der Waals surface area contributed by atoms with Gasteiger partial charge in [0.25, 0.3) is 0 Å². The van der Waals surface area contributed by atoms with Gasteiger partial charge in [0.15, 0.2) is 0 Å². The predicted octanol–water partition coefficient (Wildman–Crippen LogP) is 2.45. The first kappa shape index (κ1) is 17.0. The van der Waals surface area contributed by atoms with Crippen molar-refractivity contribution in [2.45, 2.75) is 27.3 Å². The molecule has 1 aromatic carbocycles. The summed E-state index contributed by atoms with van der Waals surface area (Å²) in [6.07, 6.45) is 0. The second kappa shape index (κ2) is 9.75. The Bertz CT molecular complexity index is 373. The second-order valence-electron chi connectivity index (χ2n) is 4.87. The van der Waals surface area contributed by atoms with E-state index in [4.69, 9.17) is 15.2 Å². The molecule has 114 valence electrons. The summed E-state index contributed by atoms with van der Waals surface area (Å²) in [7, 11) is 0. The van der Waals surface area contributed by atoms with Crippen molar-refractivity contribution < 1.29 is 9.47 Å². The Morgan fingerprint density at radius 3 is 2.20 bits per heavy atom. The van der Waals surface area contributed by atoms with Gasteiger partial charge in [0, 0.05) is 38.5 Å². The van der Waals surface area contributed by atoms with E-state index in [-0.39, 0.29) is 0 Å². The van der Waals surface area contributed by atoms with Crippen molar-refractivity contribution >= 4 is 5.69 Å². The van der Waals surface area contributed by atoms with Gasteiger partial charge in [-0.05, 0) is 32.4 Å². The molecule has 0 aliphatic rings. The molecule has 0 heterocycles. The van der Waals surface area contributed by atoms with Crippen molar-refractivity contribution in [1.29, 1.82) is 0 Å². The van der Waals surface area contributed by atoms with Crippen molar-refractivity contribution in [2.24, 2.45) is 0 Å². The standard InChI is InChI=1S/C16H28N2O2/c1-4-19-10-8-18(9-11-20-5-2)13-15-12-14(3)6-7-16(15)17/h6-7,12H,4-5,8-11,13,17H2,1-3H3. The van der Waals surface area contributed by atoms with Gasteiger partial charge in [-0.15, -0.1) is 0 Å². The molecule has 4 nitrogen and oxygen atoms in total. The highest BCUT2D eigenvalue weighted by molar-refractivity contribution is 5.48. The quantitative estimate of drug-likeness (QED) is 0.528. The molecule has 2 N–H and O–H groups in total. The SMILES string of the molecule is CCOCCN(CCOCC)Cc1cc(C)ccc1N. The van der Waals surface area contributed by atoms with Crippen LogP contribution in [-0.4, -0.2) is 44.4 Å². The number of hydrogen-bond acceptors (Lipinski definition) is 4. The minimum absolute atomic E-state index is 0.744. The fourth-order valence-electron chi connectivity index (χ4n) is 2.06. The van der Waals surface area contributed by atoms with Gasteiger partial charge in [-0.3, -0.25) is 4.90 Å². The number of anilines is 1. The Morgan fingerprint density at radius 1 is 1.05 bits per heavy atom. The topological polar surface area (TPSA) is 47.7 Å². The average Bonchev–Trinajstić information content (AvgIpc) is 2.43. The number of benzene rings is 1. The number of rotatable bonds is 10. The summed E-state index contributed by atoms with van der Waals surface area (Å²) in [5, 5.41) is 0. The van der Waals surface area contributed by atoms with Gasteiger partial charge in [-0.25, -0.2) is 0 Å². The molecule has 0 aliphatic carbocycles. The first-order valence-electron chi connectivity index (χ1n) is 7.40. The molecule has 1 rings (SSSR count). The second-order valence-corrected chi connectivity index (χ2v) is 4.87. The maximum atomic E-state index is 6.06. The molecule has 0 saturated carbocycles. The van der Waals surface area contributed by atoms with E-state index in [9.17, 15) is 0 Å². The van der Waals surface area contributed by atoms with E-state index >= 15 is 0 Å². The lowest BCUT2D eigenvalue weighted by molar-refractivity contribution is 0.0798. The lowest BCUT2D eigenvalue weighted by Crippen LogP contribution is -2.31. The van der Waals surface area contributed by atoms with Crippen LogP contribution >= 0.6 is 0 Å². The van der Waals surface area contributed by atoms with E-state index in [0.29, 0.717) is 0 Å². The van der Waals surface area contributed by atoms with Gasteiger partial charge in [-0.1, -0.05) is 17.7 Å². The molecule has 0 bridgehead atoms. The van der Waals surface area contributed by atoms with Crippen LogP contribution < -0.4 is 5.73 Å². The van der Waals surface area contributed by atoms with Gasteiger partial charge >= 0.3 is 0 Å². The lowest BCUT2D eigenvalue weighted by atomic mass is 10.1. The van der Waals surface area contributed by atoms with E-state index in [2.05, 4.69) is 17.9 Å². The van der Waals surface area contributed by atoms with Gasteiger partial charge in [0.05, 0.1) is 13.2 Å². The Morgan fingerprint density at radius 2 is 1.65 bits per heavy atom. The van der Waals surface area contributed by atoms with E-state index in [1.165, 1.54) is 11.1 Å². The molecule has 4 heteroatoms. The zero-order chi connectivity index (χ0) is 14.8. The van der Waals surface area contributed by atoms with Crippen LogP contribution in [0.4, 0.5) is 5.69 Å². The molecule has 0 fully saturated rings. The maximum absolute atomic E-state index is 6.06. The fraction of sp³-hybridized carbons (Fsp3) is 0.625. The van der Waals surface area contributed by atoms with Crippen molar-refractivity contribution in [1.82, 2.24) is 4.90 Å². The fourth-order valence-corrected chi connectivity index (χ4v) is 2.06. The minimum Gasteiger partial charge on any atom is -0.398 e. The largest absolute Gasteiger partial charge is 0.398 e. The van der Waals surface area contributed by atoms with E-state index in [0.717, 1.165) is 51.7 Å². The monoisotopic (exact) mass is 280 g/mol. The van der Waals surface area contributed by atoms with Crippen LogP contribution in [0.2, 0.25) is 0 Å². The maximum Gasteiger partial charge on any atom is 0.0593 e. The van der Waals surface area contributed by atoms with Gasteiger partial charge in [0.1, 0.15) is 0 Å². The molecule has 0 unspecified atom stereocenters. The summed E-state index contributed by atoms with van der Waals surface area (Å²) in [5.74, 6) is 0. The number of nitrogens with two attached hydrogens (primary N) is 1. The van der Waals surface area contributed by atoms with Crippen molar-refractivity contribution in [2.75, 3.05) is 45.3 Å². The van der Waals surface area contributed by atoms with Crippen LogP contribution in [0.1, 0.15) is 25.0 Å². The van der Waals surface area contributed by atoms with Gasteiger partial charge in [-0.2, -0.15) is 0 Å². The normalized spacial score (nSPS) is 11.2. The third-order valence-corrected chi connectivity index (χ3v) is 3.20. The molecule has 0 saturated heterocycles. The van der Waals surface area contributed by atoms with E-state index < -0.39 is 0 Å². The van der Waals surface area contributed by atoms with Crippen LogP contribution in [0.25, 0.3) is 0 Å². The van der Waals surface area contributed by atoms with Crippen LogP contribution in [-0.2, 0) is 16.0 Å². The molecular formula is C16H28N2O2.